The first-order valence-electron chi connectivity index (χ1n) is 7.99. The van der Waals surface area contributed by atoms with Gasteiger partial charge in [-0.25, -0.2) is 0 Å². The number of piperazine rings is 1. The van der Waals surface area contributed by atoms with Gasteiger partial charge < -0.3 is 9.80 Å². The number of nitriles is 1. The predicted molar refractivity (Wildman–Crippen MR) is 92.9 cm³/mol. The molecule has 6 nitrogen and oxygen atoms in total. The van der Waals surface area contributed by atoms with Crippen LogP contribution in [0.3, 0.4) is 0 Å². The quantitative estimate of drug-likeness (QED) is 0.877. The molecule has 0 spiro atoms. The normalized spacial score (nSPS) is 15.2. The van der Waals surface area contributed by atoms with E-state index in [2.05, 4.69) is 16.1 Å². The zero-order chi connectivity index (χ0) is 16.9. The zero-order valence-electron chi connectivity index (χ0n) is 13.3. The molecule has 0 atom stereocenters. The highest BCUT2D eigenvalue weighted by Gasteiger charge is 2.23. The highest BCUT2D eigenvalue weighted by Crippen LogP contribution is 2.21. The van der Waals surface area contributed by atoms with Crippen LogP contribution in [0.4, 0.5) is 5.69 Å². The van der Waals surface area contributed by atoms with Crippen molar-refractivity contribution in [2.45, 2.75) is 6.42 Å². The number of nitrogens with one attached hydrogen (secondary N) is 1. The lowest BCUT2D eigenvalue weighted by Crippen LogP contribution is -3.14. The Balaban J connectivity index is 1.78. The third kappa shape index (κ3) is 3.42. The van der Waals surface area contributed by atoms with Gasteiger partial charge in [-0.1, -0.05) is 29.8 Å². The van der Waals surface area contributed by atoms with E-state index >= 15 is 0 Å². The van der Waals surface area contributed by atoms with E-state index in [1.165, 1.54) is 9.58 Å². The Kier molecular flexibility index (Phi) is 5.14. The smallest absolute Gasteiger partial charge is 0.292 e. The Labute approximate surface area is 145 Å². The summed E-state index contributed by atoms with van der Waals surface area (Å²) in [6.07, 6.45) is 2.24. The first-order valence-corrected chi connectivity index (χ1v) is 8.37. The van der Waals surface area contributed by atoms with Gasteiger partial charge in [0.05, 0.1) is 62.8 Å². The number of benzene rings is 1. The van der Waals surface area contributed by atoms with E-state index in [0.717, 1.165) is 32.7 Å². The highest BCUT2D eigenvalue weighted by atomic mass is 35.5. The second-order valence-corrected chi connectivity index (χ2v) is 6.17. The minimum atomic E-state index is -0.306. The molecular weight excluding hydrogens is 326 g/mol. The summed E-state index contributed by atoms with van der Waals surface area (Å²) in [5.41, 5.74) is 1.08. The molecule has 1 aromatic heterocycles. The van der Waals surface area contributed by atoms with Crippen LogP contribution < -0.4 is 15.4 Å². The van der Waals surface area contributed by atoms with Crippen molar-refractivity contribution < 1.29 is 4.90 Å². The summed E-state index contributed by atoms with van der Waals surface area (Å²) in [5, 5.41) is 13.2. The third-order valence-corrected chi connectivity index (χ3v) is 4.66. The van der Waals surface area contributed by atoms with Crippen molar-refractivity contribution in [2.75, 3.05) is 37.6 Å². The van der Waals surface area contributed by atoms with Gasteiger partial charge in [-0.15, -0.1) is 0 Å². The van der Waals surface area contributed by atoms with Gasteiger partial charge in [0, 0.05) is 0 Å². The molecule has 0 amide bonds. The zero-order valence-corrected chi connectivity index (χ0v) is 14.0. The summed E-state index contributed by atoms with van der Waals surface area (Å²) in [5.74, 6) is 0. The minimum Gasteiger partial charge on any atom is -0.358 e. The van der Waals surface area contributed by atoms with Gasteiger partial charge in [0.1, 0.15) is 5.02 Å². The molecular formula is C17H19ClN5O+. The fourth-order valence-electron chi connectivity index (χ4n) is 2.94. The van der Waals surface area contributed by atoms with Crippen molar-refractivity contribution in [3.05, 3.63) is 51.9 Å². The van der Waals surface area contributed by atoms with E-state index in [1.54, 1.807) is 6.20 Å². The SMILES string of the molecule is N#CCC[NH+]1CCN(c2cnn(-c3ccccc3)c(=O)c2Cl)CC1. The molecule has 7 heteroatoms. The number of anilines is 1. The molecule has 2 aromatic rings. The van der Waals surface area contributed by atoms with Crippen molar-refractivity contribution in [1.29, 1.82) is 5.26 Å². The number of hydrogen-bond acceptors (Lipinski definition) is 4. The summed E-state index contributed by atoms with van der Waals surface area (Å²) in [6.45, 7) is 4.33. The van der Waals surface area contributed by atoms with Crippen molar-refractivity contribution >= 4 is 17.3 Å². The summed E-state index contributed by atoms with van der Waals surface area (Å²) < 4.78 is 1.32. The predicted octanol–water partition coefficient (Wildman–Crippen LogP) is 0.504. The first kappa shape index (κ1) is 16.5. The Morgan fingerprint density at radius 2 is 1.96 bits per heavy atom. The van der Waals surface area contributed by atoms with Gasteiger partial charge in [0.25, 0.3) is 5.56 Å². The van der Waals surface area contributed by atoms with E-state index < -0.39 is 0 Å². The molecule has 0 radical (unpaired) electrons. The average Bonchev–Trinajstić information content (AvgIpc) is 2.63. The van der Waals surface area contributed by atoms with Crippen LogP contribution in [0.2, 0.25) is 5.02 Å². The van der Waals surface area contributed by atoms with Crippen LogP contribution in [0.15, 0.2) is 41.3 Å². The molecule has 1 N–H and O–H groups in total. The molecule has 0 unspecified atom stereocenters. The largest absolute Gasteiger partial charge is 0.358 e. The van der Waals surface area contributed by atoms with E-state index in [4.69, 9.17) is 16.9 Å². The summed E-state index contributed by atoms with van der Waals surface area (Å²) in [6, 6.07) is 11.4. The molecule has 24 heavy (non-hydrogen) atoms. The van der Waals surface area contributed by atoms with Crippen molar-refractivity contribution in [3.8, 4) is 11.8 Å². The Morgan fingerprint density at radius 1 is 1.25 bits per heavy atom. The molecule has 124 valence electrons. The fourth-order valence-corrected chi connectivity index (χ4v) is 3.19. The summed E-state index contributed by atoms with van der Waals surface area (Å²) in [4.78, 5) is 16.0. The van der Waals surface area contributed by atoms with Crippen LogP contribution in [0.25, 0.3) is 5.69 Å². The maximum Gasteiger partial charge on any atom is 0.292 e. The van der Waals surface area contributed by atoms with Crippen LogP contribution in [0.1, 0.15) is 6.42 Å². The standard InChI is InChI=1S/C17H18ClN5O/c18-16-15(22-11-9-21(10-12-22)8-4-7-19)13-20-23(17(16)24)14-5-2-1-3-6-14/h1-3,5-6,13H,4,8-12H2/p+1. The highest BCUT2D eigenvalue weighted by molar-refractivity contribution is 6.33. The van der Waals surface area contributed by atoms with Gasteiger partial charge in [-0.05, 0) is 12.1 Å². The minimum absolute atomic E-state index is 0.203. The topological polar surface area (TPSA) is 66.4 Å². The maximum absolute atomic E-state index is 12.5. The molecule has 0 bridgehead atoms. The lowest BCUT2D eigenvalue weighted by Gasteiger charge is -2.33. The van der Waals surface area contributed by atoms with Gasteiger partial charge in [0.15, 0.2) is 0 Å². The van der Waals surface area contributed by atoms with Crippen molar-refractivity contribution in [2.24, 2.45) is 0 Å². The Hall–Kier alpha value is -2.36. The molecule has 0 saturated carbocycles. The van der Waals surface area contributed by atoms with Crippen LogP contribution in [-0.4, -0.2) is 42.5 Å². The van der Waals surface area contributed by atoms with E-state index in [9.17, 15) is 4.79 Å². The number of rotatable bonds is 4. The van der Waals surface area contributed by atoms with E-state index in [1.807, 2.05) is 30.3 Å². The van der Waals surface area contributed by atoms with Crippen LogP contribution in [0, 0.1) is 11.3 Å². The van der Waals surface area contributed by atoms with Gasteiger partial charge in [-0.2, -0.15) is 15.0 Å². The summed E-state index contributed by atoms with van der Waals surface area (Å²) in [7, 11) is 0. The number of aromatic nitrogens is 2. The lowest BCUT2D eigenvalue weighted by atomic mass is 10.2. The van der Waals surface area contributed by atoms with E-state index in [0.29, 0.717) is 17.8 Å². The van der Waals surface area contributed by atoms with Crippen molar-refractivity contribution in [1.82, 2.24) is 9.78 Å². The molecule has 1 aliphatic heterocycles. The average molecular weight is 345 g/mol. The molecule has 1 saturated heterocycles. The molecule has 2 heterocycles. The molecule has 1 aliphatic rings. The van der Waals surface area contributed by atoms with Gasteiger partial charge in [-0.3, -0.25) is 4.79 Å². The maximum atomic E-state index is 12.5. The number of para-hydroxylation sites is 1. The monoisotopic (exact) mass is 344 g/mol. The summed E-state index contributed by atoms with van der Waals surface area (Å²) >= 11 is 6.34. The van der Waals surface area contributed by atoms with E-state index in [-0.39, 0.29) is 10.6 Å². The number of hydrogen-bond donors (Lipinski definition) is 1. The van der Waals surface area contributed by atoms with Crippen LogP contribution in [0.5, 0.6) is 0 Å². The number of nitrogens with zero attached hydrogens (tertiary/aromatic N) is 4. The Morgan fingerprint density at radius 3 is 2.62 bits per heavy atom. The second kappa shape index (κ2) is 7.47. The van der Waals surface area contributed by atoms with Crippen LogP contribution >= 0.6 is 11.6 Å². The third-order valence-electron chi connectivity index (χ3n) is 4.30. The van der Waals surface area contributed by atoms with Gasteiger partial charge in [0.2, 0.25) is 0 Å². The molecule has 0 aliphatic carbocycles. The molecule has 1 aromatic carbocycles. The van der Waals surface area contributed by atoms with Gasteiger partial charge >= 0.3 is 0 Å². The molecule has 1 fully saturated rings. The lowest BCUT2D eigenvalue weighted by molar-refractivity contribution is -0.900. The Bertz CT molecular complexity index is 791. The second-order valence-electron chi connectivity index (χ2n) is 5.79. The molecule has 3 rings (SSSR count). The number of halogens is 1. The first-order chi connectivity index (χ1) is 11.7. The van der Waals surface area contributed by atoms with Crippen molar-refractivity contribution in [3.63, 3.8) is 0 Å². The van der Waals surface area contributed by atoms with Crippen LogP contribution in [-0.2, 0) is 0 Å². The number of quaternary nitrogens is 1. The fraction of sp³-hybridized carbons (Fsp3) is 0.353.